The van der Waals surface area contributed by atoms with Crippen LogP contribution in [-0.4, -0.2) is 30.4 Å². The van der Waals surface area contributed by atoms with E-state index in [1.807, 2.05) is 0 Å². The summed E-state index contributed by atoms with van der Waals surface area (Å²) in [5.41, 5.74) is 1.05. The number of carbonyl (C=O) groups is 1. The fraction of sp³-hybridized carbons (Fsp3) is 0.0800. The van der Waals surface area contributed by atoms with Gasteiger partial charge in [-0.05, 0) is 48.5 Å². The van der Waals surface area contributed by atoms with Gasteiger partial charge in [-0.1, -0.05) is 12.1 Å². The Balaban J connectivity index is 1.43. The molecule has 0 aliphatic rings. The van der Waals surface area contributed by atoms with E-state index in [2.05, 4.69) is 25.3 Å². The smallest absolute Gasteiger partial charge is 0.416 e. The summed E-state index contributed by atoms with van der Waals surface area (Å²) in [6.07, 6.45) is 0.317. The van der Waals surface area contributed by atoms with E-state index in [1.54, 1.807) is 54.6 Å². The molecule has 0 fully saturated rings. The quantitative estimate of drug-likeness (QED) is 0.350. The van der Waals surface area contributed by atoms with Crippen LogP contribution in [0.25, 0.3) is 22.6 Å². The largest absolute Gasteiger partial charge is 0.437 e. The summed E-state index contributed by atoms with van der Waals surface area (Å²) < 4.78 is 46.7. The molecule has 5 aromatic rings. The number of carbonyl (C=O) groups excluding carboxylic acids is 1. The topological polar surface area (TPSA) is 94.8 Å². The lowest BCUT2D eigenvalue weighted by Gasteiger charge is -2.11. The molecule has 5 rings (SSSR count). The number of nitrogens with one attached hydrogen (secondary N) is 1. The second-order valence-corrected chi connectivity index (χ2v) is 7.78. The van der Waals surface area contributed by atoms with Crippen molar-refractivity contribution in [2.75, 3.05) is 5.32 Å². The molecule has 3 aromatic heterocycles. The molecular formula is C25H17F3N6O2. The lowest BCUT2D eigenvalue weighted by Crippen LogP contribution is -2.13. The van der Waals surface area contributed by atoms with Crippen LogP contribution in [0.4, 0.5) is 18.9 Å². The van der Waals surface area contributed by atoms with Gasteiger partial charge in [-0.3, -0.25) is 9.78 Å². The molecule has 0 aliphatic carbocycles. The van der Waals surface area contributed by atoms with E-state index >= 15 is 0 Å². The second kappa shape index (κ2) is 9.10. The number of imidazole rings is 1. The van der Waals surface area contributed by atoms with Crippen molar-refractivity contribution >= 4 is 22.8 Å². The van der Waals surface area contributed by atoms with Crippen LogP contribution in [0.2, 0.25) is 0 Å². The third kappa shape index (κ3) is 4.71. The van der Waals surface area contributed by atoms with Gasteiger partial charge in [0.2, 0.25) is 0 Å². The standard InChI is InChI=1S/C25H17F3N6O2/c1-34-14-30-20-22(34)32-21(15-8-10-29-11-9-15)33-24(20)36-19-7-2-4-16(12-19)23(35)31-18-6-3-5-17(13-18)25(26,27)28/h2-14H,1H3,(H,31,35). The van der Waals surface area contributed by atoms with Crippen LogP contribution in [0.5, 0.6) is 11.6 Å². The summed E-state index contributed by atoms with van der Waals surface area (Å²) in [6.45, 7) is 0. The number of alkyl halides is 3. The average Bonchev–Trinajstić information content (AvgIpc) is 3.25. The molecule has 0 spiro atoms. The van der Waals surface area contributed by atoms with Gasteiger partial charge in [-0.15, -0.1) is 0 Å². The lowest BCUT2D eigenvalue weighted by atomic mass is 10.1. The van der Waals surface area contributed by atoms with Gasteiger partial charge >= 0.3 is 6.18 Å². The number of aromatic nitrogens is 5. The number of halogens is 3. The number of amides is 1. The van der Waals surface area contributed by atoms with Gasteiger partial charge in [0.05, 0.1) is 11.9 Å². The van der Waals surface area contributed by atoms with E-state index in [4.69, 9.17) is 4.74 Å². The van der Waals surface area contributed by atoms with Gasteiger partial charge in [-0.2, -0.15) is 18.2 Å². The van der Waals surface area contributed by atoms with Crippen LogP contribution in [0.1, 0.15) is 15.9 Å². The number of nitrogens with zero attached hydrogens (tertiary/aromatic N) is 5. The van der Waals surface area contributed by atoms with E-state index in [0.29, 0.717) is 17.0 Å². The Kier molecular flexibility index (Phi) is 5.80. The van der Waals surface area contributed by atoms with Crippen LogP contribution in [-0.2, 0) is 13.2 Å². The Labute approximate surface area is 202 Å². The Bertz CT molecular complexity index is 1570. The second-order valence-electron chi connectivity index (χ2n) is 7.78. The van der Waals surface area contributed by atoms with Crippen LogP contribution >= 0.6 is 0 Å². The van der Waals surface area contributed by atoms with E-state index in [1.165, 1.54) is 24.3 Å². The zero-order chi connectivity index (χ0) is 25.3. The molecule has 3 heterocycles. The molecule has 8 nitrogen and oxygen atoms in total. The SMILES string of the molecule is Cn1cnc2c(Oc3cccc(C(=O)Nc4cccc(C(F)(F)F)c4)c3)nc(-c3ccncc3)nc21. The zero-order valence-corrected chi connectivity index (χ0v) is 18.7. The number of hydrogen-bond donors (Lipinski definition) is 1. The lowest BCUT2D eigenvalue weighted by molar-refractivity contribution is -0.137. The Morgan fingerprint density at radius 1 is 1.00 bits per heavy atom. The van der Waals surface area contributed by atoms with Crippen LogP contribution in [0.3, 0.4) is 0 Å². The summed E-state index contributed by atoms with van der Waals surface area (Å²) in [5, 5.41) is 2.48. The van der Waals surface area contributed by atoms with E-state index in [9.17, 15) is 18.0 Å². The first-order valence-electron chi connectivity index (χ1n) is 10.6. The van der Waals surface area contributed by atoms with Crippen molar-refractivity contribution in [1.82, 2.24) is 24.5 Å². The van der Waals surface area contributed by atoms with Gasteiger partial charge in [-0.25, -0.2) is 9.97 Å². The van der Waals surface area contributed by atoms with Crippen molar-refractivity contribution in [1.29, 1.82) is 0 Å². The molecule has 0 atom stereocenters. The number of hydrogen-bond acceptors (Lipinski definition) is 6. The molecule has 0 saturated carbocycles. The highest BCUT2D eigenvalue weighted by atomic mass is 19.4. The summed E-state index contributed by atoms with van der Waals surface area (Å²) in [5.74, 6) is 0.283. The fourth-order valence-corrected chi connectivity index (χ4v) is 3.47. The molecule has 0 saturated heterocycles. The maximum absolute atomic E-state index is 13.0. The molecule has 0 unspecified atom stereocenters. The number of anilines is 1. The van der Waals surface area contributed by atoms with Gasteiger partial charge in [0.15, 0.2) is 17.0 Å². The van der Waals surface area contributed by atoms with Gasteiger partial charge in [0.1, 0.15) is 5.75 Å². The molecular weight excluding hydrogens is 473 g/mol. The molecule has 0 aliphatic heterocycles. The predicted molar refractivity (Wildman–Crippen MR) is 125 cm³/mol. The molecule has 0 radical (unpaired) electrons. The Hall–Kier alpha value is -4.80. The van der Waals surface area contributed by atoms with Crippen molar-refractivity contribution in [3.63, 3.8) is 0 Å². The number of benzene rings is 2. The summed E-state index contributed by atoms with van der Waals surface area (Å²) >= 11 is 0. The van der Waals surface area contributed by atoms with Gasteiger partial charge in [0, 0.05) is 36.3 Å². The maximum Gasteiger partial charge on any atom is 0.416 e. The maximum atomic E-state index is 13.0. The third-order valence-corrected chi connectivity index (χ3v) is 5.22. The van der Waals surface area contributed by atoms with Crippen LogP contribution in [0.15, 0.2) is 79.4 Å². The molecule has 1 N–H and O–H groups in total. The number of rotatable bonds is 5. The first kappa shape index (κ1) is 23.0. The van der Waals surface area contributed by atoms with Crippen LogP contribution < -0.4 is 10.1 Å². The van der Waals surface area contributed by atoms with Crippen LogP contribution in [0, 0.1) is 0 Å². The number of fused-ring (bicyclic) bond motifs is 1. The van der Waals surface area contributed by atoms with Crippen molar-refractivity contribution in [3.05, 3.63) is 90.5 Å². The molecule has 180 valence electrons. The minimum atomic E-state index is -4.52. The molecule has 0 bridgehead atoms. The number of pyridine rings is 1. The average molecular weight is 490 g/mol. The van der Waals surface area contributed by atoms with Gasteiger partial charge < -0.3 is 14.6 Å². The molecule has 11 heteroatoms. The monoisotopic (exact) mass is 490 g/mol. The van der Waals surface area contributed by atoms with Crippen molar-refractivity contribution in [2.24, 2.45) is 7.05 Å². The highest BCUT2D eigenvalue weighted by molar-refractivity contribution is 6.04. The minimum Gasteiger partial charge on any atom is -0.437 e. The number of aryl methyl sites for hydroxylation is 1. The van der Waals surface area contributed by atoms with Crippen molar-refractivity contribution in [2.45, 2.75) is 6.18 Å². The first-order valence-corrected chi connectivity index (χ1v) is 10.6. The highest BCUT2D eigenvalue weighted by Gasteiger charge is 2.30. The highest BCUT2D eigenvalue weighted by Crippen LogP contribution is 2.32. The van der Waals surface area contributed by atoms with E-state index < -0.39 is 17.6 Å². The molecule has 2 aromatic carbocycles. The first-order chi connectivity index (χ1) is 17.3. The zero-order valence-electron chi connectivity index (χ0n) is 18.7. The van der Waals surface area contributed by atoms with E-state index in [-0.39, 0.29) is 22.9 Å². The summed E-state index contributed by atoms with van der Waals surface area (Å²) in [4.78, 5) is 30.1. The third-order valence-electron chi connectivity index (χ3n) is 5.22. The normalized spacial score (nSPS) is 11.4. The fourth-order valence-electron chi connectivity index (χ4n) is 3.47. The molecule has 36 heavy (non-hydrogen) atoms. The molecule has 1 amide bonds. The van der Waals surface area contributed by atoms with E-state index in [0.717, 1.165) is 17.7 Å². The summed E-state index contributed by atoms with van der Waals surface area (Å²) in [7, 11) is 1.79. The minimum absolute atomic E-state index is 0.0223. The number of ether oxygens (including phenoxy) is 1. The predicted octanol–water partition coefficient (Wildman–Crippen LogP) is 5.49. The van der Waals surface area contributed by atoms with Gasteiger partial charge in [0.25, 0.3) is 11.8 Å². The van der Waals surface area contributed by atoms with Crippen molar-refractivity contribution < 1.29 is 22.7 Å². The summed E-state index contributed by atoms with van der Waals surface area (Å²) in [6, 6.07) is 14.2. The van der Waals surface area contributed by atoms with Crippen molar-refractivity contribution in [3.8, 4) is 23.0 Å². The Morgan fingerprint density at radius 2 is 1.78 bits per heavy atom. The Morgan fingerprint density at radius 3 is 2.56 bits per heavy atom.